The molecule has 0 amide bonds. The highest BCUT2D eigenvalue weighted by Crippen LogP contribution is 2.40. The van der Waals surface area contributed by atoms with E-state index in [1.807, 2.05) is 54.3 Å². The Morgan fingerprint density at radius 1 is 0.921 bits per heavy atom. The summed E-state index contributed by atoms with van der Waals surface area (Å²) in [7, 11) is 0. The maximum atomic E-state index is 14.0. The predicted octanol–water partition coefficient (Wildman–Crippen LogP) is 6.43. The Morgan fingerprint density at radius 3 is 2.21 bits per heavy atom. The Hall–Kier alpha value is -3.83. The van der Waals surface area contributed by atoms with Crippen LogP contribution in [-0.4, -0.2) is 46.0 Å². The van der Waals surface area contributed by atoms with Crippen LogP contribution in [0.3, 0.4) is 0 Å². The molecule has 38 heavy (non-hydrogen) atoms. The molecule has 3 heterocycles. The van der Waals surface area contributed by atoms with Gasteiger partial charge in [0.05, 0.1) is 16.2 Å². The van der Waals surface area contributed by atoms with E-state index in [0.29, 0.717) is 43.9 Å². The SMILES string of the molecule is Cc1ccc(-c2nc(C(F)(F)F)nc(N3CCN(Cc4ccc([N+](=O)[O-])s4)CC3)c2-c2ccccc2)cc1. The molecule has 0 unspecified atom stereocenters. The van der Waals surface area contributed by atoms with E-state index in [-0.39, 0.29) is 16.5 Å². The fraction of sp³-hybridized carbons (Fsp3) is 0.259. The van der Waals surface area contributed by atoms with Crippen LogP contribution in [0.25, 0.3) is 22.4 Å². The second kappa shape index (κ2) is 10.5. The molecule has 11 heteroatoms. The smallest absolute Gasteiger partial charge is 0.353 e. The lowest BCUT2D eigenvalue weighted by molar-refractivity contribution is -0.380. The third-order valence-electron chi connectivity index (χ3n) is 6.41. The van der Waals surface area contributed by atoms with E-state index >= 15 is 0 Å². The average Bonchev–Trinajstić information content (AvgIpc) is 3.38. The molecule has 0 spiro atoms. The zero-order chi connectivity index (χ0) is 26.9. The number of rotatable bonds is 6. The Balaban J connectivity index is 1.52. The van der Waals surface area contributed by atoms with Crippen LogP contribution in [0.15, 0.2) is 66.7 Å². The Bertz CT molecular complexity index is 1430. The molecule has 7 nitrogen and oxygen atoms in total. The summed E-state index contributed by atoms with van der Waals surface area (Å²) in [6.07, 6.45) is -4.71. The number of alkyl halides is 3. The van der Waals surface area contributed by atoms with Crippen molar-refractivity contribution in [2.24, 2.45) is 0 Å². The monoisotopic (exact) mass is 539 g/mol. The number of nitro groups is 1. The van der Waals surface area contributed by atoms with Crippen molar-refractivity contribution in [2.75, 3.05) is 31.1 Å². The number of anilines is 1. The van der Waals surface area contributed by atoms with Gasteiger partial charge in [0.1, 0.15) is 5.82 Å². The van der Waals surface area contributed by atoms with Crippen LogP contribution >= 0.6 is 11.3 Å². The van der Waals surface area contributed by atoms with Gasteiger partial charge < -0.3 is 4.90 Å². The van der Waals surface area contributed by atoms with Crippen molar-refractivity contribution in [1.82, 2.24) is 14.9 Å². The average molecular weight is 540 g/mol. The third kappa shape index (κ3) is 5.53. The first-order valence-electron chi connectivity index (χ1n) is 12.0. The van der Waals surface area contributed by atoms with Gasteiger partial charge in [-0.25, -0.2) is 9.97 Å². The first-order chi connectivity index (χ1) is 18.2. The third-order valence-corrected chi connectivity index (χ3v) is 7.43. The van der Waals surface area contributed by atoms with E-state index in [1.54, 1.807) is 18.2 Å². The van der Waals surface area contributed by atoms with Crippen LogP contribution in [0.2, 0.25) is 0 Å². The molecule has 0 radical (unpaired) electrons. The lowest BCUT2D eigenvalue weighted by Crippen LogP contribution is -2.46. The van der Waals surface area contributed by atoms with Gasteiger partial charge in [0.15, 0.2) is 0 Å². The summed E-state index contributed by atoms with van der Waals surface area (Å²) in [5.41, 5.74) is 3.11. The molecule has 0 bridgehead atoms. The van der Waals surface area contributed by atoms with E-state index < -0.39 is 16.9 Å². The first kappa shape index (κ1) is 25.8. The summed E-state index contributed by atoms with van der Waals surface area (Å²) in [6, 6.07) is 19.8. The minimum absolute atomic E-state index is 0.0930. The van der Waals surface area contributed by atoms with Gasteiger partial charge in [-0.15, -0.1) is 0 Å². The summed E-state index contributed by atoms with van der Waals surface area (Å²) in [5, 5.41) is 11.1. The van der Waals surface area contributed by atoms with Crippen LogP contribution in [0, 0.1) is 17.0 Å². The number of nitrogens with zero attached hydrogens (tertiary/aromatic N) is 5. The van der Waals surface area contributed by atoms with Gasteiger partial charge in [-0.2, -0.15) is 13.2 Å². The number of benzene rings is 2. The Labute approximate surface area is 221 Å². The molecule has 0 aliphatic carbocycles. The molecular formula is C27H24F3N5O2S. The van der Waals surface area contributed by atoms with Crippen molar-refractivity contribution < 1.29 is 18.1 Å². The highest BCUT2D eigenvalue weighted by Gasteiger charge is 2.38. The Morgan fingerprint density at radius 2 is 1.61 bits per heavy atom. The first-order valence-corrected chi connectivity index (χ1v) is 12.8. The van der Waals surface area contributed by atoms with Crippen molar-refractivity contribution >= 4 is 22.2 Å². The van der Waals surface area contributed by atoms with Crippen molar-refractivity contribution in [2.45, 2.75) is 19.6 Å². The van der Waals surface area contributed by atoms with Crippen LogP contribution < -0.4 is 4.90 Å². The van der Waals surface area contributed by atoms with Crippen LogP contribution in [-0.2, 0) is 12.7 Å². The topological polar surface area (TPSA) is 75.4 Å². The van der Waals surface area contributed by atoms with Gasteiger partial charge in [0.2, 0.25) is 5.82 Å². The molecule has 5 rings (SSSR count). The highest BCUT2D eigenvalue weighted by molar-refractivity contribution is 7.15. The molecule has 0 N–H and O–H groups in total. The maximum Gasteiger partial charge on any atom is 0.451 e. The number of hydrogen-bond donors (Lipinski definition) is 0. The molecule has 0 atom stereocenters. The second-order valence-corrected chi connectivity index (χ2v) is 10.2. The zero-order valence-corrected chi connectivity index (χ0v) is 21.3. The maximum absolute atomic E-state index is 14.0. The predicted molar refractivity (Wildman–Crippen MR) is 141 cm³/mol. The number of thiophene rings is 1. The molecule has 1 saturated heterocycles. The number of aromatic nitrogens is 2. The molecule has 196 valence electrons. The number of piperazine rings is 1. The molecule has 0 saturated carbocycles. The lowest BCUT2D eigenvalue weighted by Gasteiger charge is -2.36. The molecule has 1 aliphatic heterocycles. The quantitative estimate of drug-likeness (QED) is 0.208. The fourth-order valence-electron chi connectivity index (χ4n) is 4.48. The second-order valence-electron chi connectivity index (χ2n) is 9.08. The van der Waals surface area contributed by atoms with E-state index in [1.165, 1.54) is 6.07 Å². The fourth-order valence-corrected chi connectivity index (χ4v) is 5.35. The van der Waals surface area contributed by atoms with E-state index in [9.17, 15) is 23.3 Å². The van der Waals surface area contributed by atoms with Crippen LogP contribution in [0.4, 0.5) is 24.0 Å². The Kier molecular flexibility index (Phi) is 7.13. The summed E-state index contributed by atoms with van der Waals surface area (Å²) < 4.78 is 42.0. The normalized spacial score (nSPS) is 14.6. The number of hydrogen-bond acceptors (Lipinski definition) is 7. The van der Waals surface area contributed by atoms with Gasteiger partial charge in [-0.3, -0.25) is 15.0 Å². The van der Waals surface area contributed by atoms with Gasteiger partial charge >= 0.3 is 11.2 Å². The van der Waals surface area contributed by atoms with E-state index in [0.717, 1.165) is 27.3 Å². The molecule has 2 aromatic heterocycles. The van der Waals surface area contributed by atoms with Gasteiger partial charge in [-0.05, 0) is 18.6 Å². The van der Waals surface area contributed by atoms with E-state index in [2.05, 4.69) is 14.9 Å². The number of aryl methyl sites for hydroxylation is 1. The number of halogens is 3. The van der Waals surface area contributed by atoms with Crippen molar-refractivity contribution in [1.29, 1.82) is 0 Å². The van der Waals surface area contributed by atoms with E-state index in [4.69, 9.17) is 0 Å². The van der Waals surface area contributed by atoms with Crippen molar-refractivity contribution in [3.05, 3.63) is 93.1 Å². The lowest BCUT2D eigenvalue weighted by atomic mass is 9.98. The summed E-state index contributed by atoms with van der Waals surface area (Å²) in [6.45, 7) is 4.52. The van der Waals surface area contributed by atoms with Crippen LogP contribution in [0.1, 0.15) is 16.3 Å². The molecule has 1 fully saturated rings. The highest BCUT2D eigenvalue weighted by atomic mass is 32.1. The molecule has 2 aromatic carbocycles. The van der Waals surface area contributed by atoms with Crippen molar-refractivity contribution in [3.63, 3.8) is 0 Å². The van der Waals surface area contributed by atoms with Crippen LogP contribution in [0.5, 0.6) is 0 Å². The molecular weight excluding hydrogens is 515 g/mol. The van der Waals surface area contributed by atoms with Gasteiger partial charge in [0.25, 0.3) is 0 Å². The zero-order valence-electron chi connectivity index (χ0n) is 20.5. The standard InChI is InChI=1S/C27H24F3N5O2S/c1-18-7-9-20(10-8-18)24-23(19-5-3-2-4-6-19)25(32-26(31-24)27(28,29)30)34-15-13-33(14-16-34)17-21-11-12-22(38-21)35(36)37/h2-12H,13-17H2,1H3. The van der Waals surface area contributed by atoms with Crippen molar-refractivity contribution in [3.8, 4) is 22.4 Å². The molecule has 4 aromatic rings. The van der Waals surface area contributed by atoms with Gasteiger partial charge in [-0.1, -0.05) is 71.5 Å². The minimum Gasteiger partial charge on any atom is -0.353 e. The summed E-state index contributed by atoms with van der Waals surface area (Å²) in [4.78, 5) is 23.6. The molecule has 1 aliphatic rings. The van der Waals surface area contributed by atoms with Gasteiger partial charge in [0, 0.05) is 49.2 Å². The summed E-state index contributed by atoms with van der Waals surface area (Å²) >= 11 is 1.14. The largest absolute Gasteiger partial charge is 0.451 e. The minimum atomic E-state index is -4.71. The summed E-state index contributed by atoms with van der Waals surface area (Å²) in [5.74, 6) is -0.920.